The van der Waals surface area contributed by atoms with E-state index in [0.29, 0.717) is 24.2 Å². The topological polar surface area (TPSA) is 125 Å². The van der Waals surface area contributed by atoms with Crippen LogP contribution in [0, 0.1) is 19.3 Å². The first-order valence-electron chi connectivity index (χ1n) is 6.18. The van der Waals surface area contributed by atoms with Crippen molar-refractivity contribution < 1.29 is 8.42 Å². The highest BCUT2D eigenvalue weighted by atomic mass is 32.2. The normalized spacial score (nSPS) is 18.6. The molecule has 0 atom stereocenters. The van der Waals surface area contributed by atoms with Crippen molar-refractivity contribution >= 4 is 15.9 Å². The number of H-pyrrole nitrogens is 1. The average molecular weight is 285 g/mol. The third kappa shape index (κ3) is 2.37. The van der Waals surface area contributed by atoms with Crippen molar-refractivity contribution in [3.8, 4) is 0 Å². The van der Waals surface area contributed by atoms with Gasteiger partial charge >= 0.3 is 0 Å². The zero-order valence-electron chi connectivity index (χ0n) is 11.1. The van der Waals surface area contributed by atoms with Gasteiger partial charge in [-0.2, -0.15) is 9.82 Å². The number of nitrogens with two attached hydrogens (primary N) is 1. The first kappa shape index (κ1) is 14.0. The van der Waals surface area contributed by atoms with Gasteiger partial charge in [0.1, 0.15) is 10.7 Å². The van der Waals surface area contributed by atoms with Crippen LogP contribution in [0.15, 0.2) is 4.90 Å². The van der Waals surface area contributed by atoms with Crippen LogP contribution in [0.4, 0.5) is 0 Å². The molecule has 106 valence electrons. The Labute approximate surface area is 112 Å². The smallest absolute Gasteiger partial charge is 0.245 e. The van der Waals surface area contributed by atoms with Crippen molar-refractivity contribution in [3.63, 3.8) is 0 Å². The fourth-order valence-electron chi connectivity index (χ4n) is 2.65. The van der Waals surface area contributed by atoms with E-state index >= 15 is 0 Å². The van der Waals surface area contributed by atoms with E-state index in [1.165, 1.54) is 0 Å². The molecule has 1 saturated carbocycles. The molecule has 0 bridgehead atoms. The summed E-state index contributed by atoms with van der Waals surface area (Å²) in [6, 6.07) is 0. The second-order valence-corrected chi connectivity index (χ2v) is 6.69. The average Bonchev–Trinajstić information content (AvgIpc) is 2.86. The molecule has 1 fully saturated rings. The maximum atomic E-state index is 12.5. The summed E-state index contributed by atoms with van der Waals surface area (Å²) in [7, 11) is -3.73. The molecule has 19 heavy (non-hydrogen) atoms. The van der Waals surface area contributed by atoms with E-state index in [-0.39, 0.29) is 10.7 Å². The van der Waals surface area contributed by atoms with Crippen molar-refractivity contribution in [1.82, 2.24) is 14.9 Å². The number of nitrogens with one attached hydrogen (secondary N) is 3. The summed E-state index contributed by atoms with van der Waals surface area (Å²) in [6.07, 6.45) is 2.87. The molecule has 0 saturated heterocycles. The van der Waals surface area contributed by atoms with Gasteiger partial charge in [-0.15, -0.1) is 0 Å². The number of aromatic amines is 1. The molecule has 5 N–H and O–H groups in total. The SMILES string of the molecule is Cc1n[nH]c(C)c1S(=O)(=O)NC1(C(=N)N)CCCC1. The number of aryl methyl sites for hydroxylation is 2. The summed E-state index contributed by atoms with van der Waals surface area (Å²) in [4.78, 5) is 0.153. The van der Waals surface area contributed by atoms with Crippen LogP contribution in [0.1, 0.15) is 37.1 Å². The predicted molar refractivity (Wildman–Crippen MR) is 71.5 cm³/mol. The van der Waals surface area contributed by atoms with Crippen LogP contribution >= 0.6 is 0 Å². The summed E-state index contributed by atoms with van der Waals surface area (Å²) in [5.41, 5.74) is 5.57. The minimum atomic E-state index is -3.73. The Balaban J connectivity index is 2.39. The van der Waals surface area contributed by atoms with Crippen LogP contribution in [0.5, 0.6) is 0 Å². The number of hydrogen-bond acceptors (Lipinski definition) is 4. The molecular formula is C11H19N5O2S. The van der Waals surface area contributed by atoms with Crippen LogP contribution in [0.3, 0.4) is 0 Å². The summed E-state index contributed by atoms with van der Waals surface area (Å²) < 4.78 is 27.6. The minimum absolute atomic E-state index is 0.118. The van der Waals surface area contributed by atoms with Crippen LogP contribution in [-0.2, 0) is 10.0 Å². The molecule has 0 aromatic carbocycles. The molecule has 1 aromatic rings. The summed E-state index contributed by atoms with van der Waals surface area (Å²) in [6.45, 7) is 3.29. The monoisotopic (exact) mass is 285 g/mol. The summed E-state index contributed by atoms with van der Waals surface area (Å²) in [5.74, 6) is -0.118. The number of nitrogens with zero attached hydrogens (tertiary/aromatic N) is 1. The maximum Gasteiger partial charge on any atom is 0.245 e. The Bertz CT molecular complexity index is 579. The molecule has 0 spiro atoms. The van der Waals surface area contributed by atoms with E-state index in [4.69, 9.17) is 11.1 Å². The Morgan fingerprint density at radius 1 is 1.42 bits per heavy atom. The molecule has 1 aliphatic rings. The van der Waals surface area contributed by atoms with Crippen molar-refractivity contribution in [3.05, 3.63) is 11.4 Å². The van der Waals surface area contributed by atoms with E-state index in [9.17, 15) is 8.42 Å². The second kappa shape index (κ2) is 4.61. The van der Waals surface area contributed by atoms with E-state index < -0.39 is 15.6 Å². The van der Waals surface area contributed by atoms with Gasteiger partial charge in [0.05, 0.1) is 16.9 Å². The van der Waals surface area contributed by atoms with Crippen molar-refractivity contribution in [2.75, 3.05) is 0 Å². The van der Waals surface area contributed by atoms with Crippen LogP contribution in [-0.4, -0.2) is 30.0 Å². The Morgan fingerprint density at radius 2 is 2.00 bits per heavy atom. The van der Waals surface area contributed by atoms with Gasteiger partial charge in [0.2, 0.25) is 10.0 Å². The lowest BCUT2D eigenvalue weighted by molar-refractivity contribution is 0.495. The quantitative estimate of drug-likeness (QED) is 0.476. The number of rotatable bonds is 4. The number of sulfonamides is 1. The zero-order valence-corrected chi connectivity index (χ0v) is 11.9. The maximum absolute atomic E-state index is 12.5. The van der Waals surface area contributed by atoms with E-state index in [2.05, 4.69) is 14.9 Å². The van der Waals surface area contributed by atoms with Gasteiger partial charge in [0.15, 0.2) is 0 Å². The summed E-state index contributed by atoms with van der Waals surface area (Å²) in [5, 5.41) is 14.2. The Hall–Kier alpha value is -1.41. The first-order valence-corrected chi connectivity index (χ1v) is 7.67. The molecular weight excluding hydrogens is 266 g/mol. The molecule has 1 heterocycles. The standard InChI is InChI=1S/C11H19N5O2S/c1-7-9(8(2)15-14-7)19(17,18)16-11(10(12)13)5-3-4-6-11/h16H,3-6H2,1-2H3,(H3,12,13)(H,14,15). The highest BCUT2D eigenvalue weighted by molar-refractivity contribution is 7.89. The largest absolute Gasteiger partial charge is 0.386 e. The van der Waals surface area contributed by atoms with Gasteiger partial charge in [0.25, 0.3) is 0 Å². The van der Waals surface area contributed by atoms with E-state index in [1.54, 1.807) is 13.8 Å². The molecule has 1 aromatic heterocycles. The predicted octanol–water partition coefficient (Wildman–Crippen LogP) is 0.554. The van der Waals surface area contributed by atoms with Gasteiger partial charge in [0, 0.05) is 0 Å². The van der Waals surface area contributed by atoms with Gasteiger partial charge in [-0.1, -0.05) is 12.8 Å². The fraction of sp³-hybridized carbons (Fsp3) is 0.636. The van der Waals surface area contributed by atoms with E-state index in [1.807, 2.05) is 0 Å². The zero-order chi connectivity index (χ0) is 14.3. The highest BCUT2D eigenvalue weighted by Gasteiger charge is 2.41. The third-order valence-electron chi connectivity index (χ3n) is 3.63. The van der Waals surface area contributed by atoms with Gasteiger partial charge < -0.3 is 5.73 Å². The van der Waals surface area contributed by atoms with Crippen molar-refractivity contribution in [1.29, 1.82) is 5.41 Å². The third-order valence-corrected chi connectivity index (χ3v) is 5.43. The first-order chi connectivity index (χ1) is 8.78. The number of amidine groups is 1. The summed E-state index contributed by atoms with van der Waals surface area (Å²) >= 11 is 0. The van der Waals surface area contributed by atoms with Gasteiger partial charge in [-0.3, -0.25) is 10.5 Å². The van der Waals surface area contributed by atoms with Crippen LogP contribution in [0.2, 0.25) is 0 Å². The highest BCUT2D eigenvalue weighted by Crippen LogP contribution is 2.31. The van der Waals surface area contributed by atoms with Gasteiger partial charge in [-0.25, -0.2) is 8.42 Å². The van der Waals surface area contributed by atoms with Crippen LogP contribution < -0.4 is 10.5 Å². The van der Waals surface area contributed by atoms with Crippen molar-refractivity contribution in [2.45, 2.75) is 50.0 Å². The lowest BCUT2D eigenvalue weighted by Crippen LogP contribution is -2.55. The number of hydrogen-bond donors (Lipinski definition) is 4. The lowest BCUT2D eigenvalue weighted by Gasteiger charge is -2.28. The second-order valence-electron chi connectivity index (χ2n) is 5.07. The number of aromatic nitrogens is 2. The molecule has 0 unspecified atom stereocenters. The molecule has 7 nitrogen and oxygen atoms in total. The molecule has 0 radical (unpaired) electrons. The molecule has 0 amide bonds. The van der Waals surface area contributed by atoms with Crippen LogP contribution in [0.25, 0.3) is 0 Å². The fourth-order valence-corrected chi connectivity index (χ4v) is 4.46. The molecule has 0 aliphatic heterocycles. The van der Waals surface area contributed by atoms with Gasteiger partial charge in [-0.05, 0) is 26.7 Å². The molecule has 1 aliphatic carbocycles. The Kier molecular flexibility index (Phi) is 3.40. The van der Waals surface area contributed by atoms with Crippen molar-refractivity contribution in [2.24, 2.45) is 5.73 Å². The lowest BCUT2D eigenvalue weighted by atomic mass is 9.98. The Morgan fingerprint density at radius 3 is 2.42 bits per heavy atom. The minimum Gasteiger partial charge on any atom is -0.386 e. The molecule has 2 rings (SSSR count). The molecule has 8 heteroatoms. The van der Waals surface area contributed by atoms with E-state index in [0.717, 1.165) is 12.8 Å².